The van der Waals surface area contributed by atoms with Crippen LogP contribution < -0.4 is 0 Å². The molecule has 0 fully saturated rings. The van der Waals surface area contributed by atoms with E-state index in [-0.39, 0.29) is 0 Å². The van der Waals surface area contributed by atoms with Gasteiger partial charge in [-0.05, 0) is 0 Å². The molecule has 0 aliphatic rings. The minimum atomic E-state index is 0.768. The van der Waals surface area contributed by atoms with E-state index in [1.165, 1.54) is 0 Å². The zero-order valence-electron chi connectivity index (χ0n) is 4.55. The summed E-state index contributed by atoms with van der Waals surface area (Å²) >= 11 is 3.14. The molecule has 0 aliphatic heterocycles. The average molecular weight is 314 g/mol. The summed E-state index contributed by atoms with van der Waals surface area (Å²) < 4.78 is 2.22. The predicted molar refractivity (Wildman–Crippen MR) is 42.6 cm³/mol. The van der Waals surface area contributed by atoms with Crippen LogP contribution in [0.4, 0.5) is 0 Å². The molecule has 0 unspecified atom stereocenters. The van der Waals surface area contributed by atoms with Crippen molar-refractivity contribution in [3.63, 3.8) is 0 Å². The van der Waals surface area contributed by atoms with E-state index >= 15 is 0 Å². The van der Waals surface area contributed by atoms with Crippen LogP contribution in [0.25, 0.3) is 0 Å². The topological polar surface area (TPSA) is 0 Å². The normalized spacial score (nSPS) is 10.6. The van der Waals surface area contributed by atoms with Crippen molar-refractivity contribution >= 4 is 19.5 Å². The van der Waals surface area contributed by atoms with Gasteiger partial charge in [-0.1, -0.05) is 0 Å². The van der Waals surface area contributed by atoms with Gasteiger partial charge in [0.05, 0.1) is 0 Å². The Bertz CT molecular complexity index is 78.6. The Morgan fingerprint density at radius 1 is 1.50 bits per heavy atom. The van der Waals surface area contributed by atoms with Gasteiger partial charge < -0.3 is 0 Å². The van der Waals surface area contributed by atoms with E-state index in [4.69, 9.17) is 0 Å². The molecule has 0 spiro atoms. The van der Waals surface area contributed by atoms with Crippen LogP contribution in [0.2, 0.25) is 0 Å². The number of unbranched alkanes of at least 4 members (excludes halogenated alkanes) is 1. The Hall–Kier alpha value is 0.872. The minimum absolute atomic E-state index is 0.768. The molecule has 8 heavy (non-hydrogen) atoms. The maximum atomic E-state index is 3.63. The van der Waals surface area contributed by atoms with Gasteiger partial charge in [0.2, 0.25) is 0 Å². The second-order valence-electron chi connectivity index (χ2n) is 1.28. The Morgan fingerprint density at radius 2 is 2.25 bits per heavy atom. The van der Waals surface area contributed by atoms with Crippen molar-refractivity contribution in [2.75, 3.05) is 0 Å². The van der Waals surface area contributed by atoms with Gasteiger partial charge in [-0.2, -0.15) is 0 Å². The molecule has 0 aromatic rings. The molecule has 0 N–H and O–H groups in total. The maximum absolute atomic E-state index is 3.63. The van der Waals surface area contributed by atoms with Crippen molar-refractivity contribution in [1.82, 2.24) is 0 Å². The Morgan fingerprint density at radius 3 is 2.75 bits per heavy atom. The molecule has 0 saturated heterocycles. The summed E-state index contributed by atoms with van der Waals surface area (Å²) in [6.45, 7) is 3.63. The Labute approximate surface area is 69.6 Å². The molecular weight excluding hydrogens is 305 g/mol. The number of allylic oxidation sites excluding steroid dienone is 2. The van der Waals surface area contributed by atoms with Crippen molar-refractivity contribution in [3.05, 3.63) is 23.3 Å². The van der Waals surface area contributed by atoms with Crippen LogP contribution in [-0.2, 0) is 14.4 Å². The standard InChI is InChI=1S/C6H9.HI.Pd/c1-3-5-6-4-2;;/h1,3-4H,2,5-6H2;1H;/q;;+1/p-1. The van der Waals surface area contributed by atoms with Gasteiger partial charge in [-0.25, -0.2) is 0 Å². The molecule has 0 aromatic carbocycles. The van der Waals surface area contributed by atoms with Crippen LogP contribution in [0.15, 0.2) is 23.3 Å². The summed E-state index contributed by atoms with van der Waals surface area (Å²) in [5.74, 6) is 0. The third-order valence-electron chi connectivity index (χ3n) is 0.652. The van der Waals surface area contributed by atoms with E-state index < -0.39 is 0 Å². The van der Waals surface area contributed by atoms with Gasteiger partial charge in [-0.3, -0.25) is 0 Å². The third kappa shape index (κ3) is 6.87. The zero-order valence-corrected chi connectivity index (χ0v) is 8.26. The van der Waals surface area contributed by atoms with Crippen molar-refractivity contribution < 1.29 is 14.4 Å². The van der Waals surface area contributed by atoms with Gasteiger partial charge in [0, 0.05) is 0 Å². The Kier molecular flexibility index (Phi) is 8.73. The van der Waals surface area contributed by atoms with Crippen molar-refractivity contribution in [3.8, 4) is 0 Å². The summed E-state index contributed by atoms with van der Waals surface area (Å²) in [5.41, 5.74) is 0. The quantitative estimate of drug-likeness (QED) is 0.324. The number of rotatable bonds is 4. The van der Waals surface area contributed by atoms with Gasteiger partial charge in [0.25, 0.3) is 0 Å². The van der Waals surface area contributed by atoms with Gasteiger partial charge in [-0.15, -0.1) is 0 Å². The number of halogens is 1. The van der Waals surface area contributed by atoms with Crippen molar-refractivity contribution in [2.45, 2.75) is 12.8 Å². The molecule has 0 nitrogen and oxygen atoms in total. The molecular formula is C6H9IPd. The molecule has 2 heteroatoms. The fourth-order valence-corrected chi connectivity index (χ4v) is 1.64. The summed E-state index contributed by atoms with van der Waals surface area (Å²) in [6, 6.07) is 0. The molecule has 0 bridgehead atoms. The van der Waals surface area contributed by atoms with E-state index in [1.54, 1.807) is 0 Å². The van der Waals surface area contributed by atoms with Crippen molar-refractivity contribution in [1.29, 1.82) is 0 Å². The van der Waals surface area contributed by atoms with Crippen LogP contribution >= 0.6 is 19.5 Å². The van der Waals surface area contributed by atoms with Gasteiger partial charge in [0.1, 0.15) is 0 Å². The fourth-order valence-electron chi connectivity index (χ4n) is 0.295. The monoisotopic (exact) mass is 314 g/mol. The van der Waals surface area contributed by atoms with E-state index in [9.17, 15) is 0 Å². The molecule has 0 aliphatic carbocycles. The number of hydrogen-bond acceptors (Lipinski definition) is 0. The third-order valence-corrected chi connectivity index (χ3v) is 2.56. The Balaban J connectivity index is 2.90. The van der Waals surface area contributed by atoms with Crippen LogP contribution in [0.3, 0.4) is 0 Å². The van der Waals surface area contributed by atoms with E-state index in [2.05, 4.69) is 36.7 Å². The first-order chi connectivity index (χ1) is 3.91. The van der Waals surface area contributed by atoms with Crippen molar-refractivity contribution in [2.24, 2.45) is 0 Å². The summed E-state index contributed by atoms with van der Waals surface area (Å²) in [4.78, 5) is 0. The molecule has 0 amide bonds. The molecule has 0 heterocycles. The van der Waals surface area contributed by atoms with E-state index in [0.717, 1.165) is 27.2 Å². The van der Waals surface area contributed by atoms with Crippen LogP contribution in [0.5, 0.6) is 0 Å². The van der Waals surface area contributed by atoms with Crippen LogP contribution in [0.1, 0.15) is 12.8 Å². The van der Waals surface area contributed by atoms with E-state index in [1.807, 2.05) is 6.08 Å². The molecule has 50 valence electrons. The van der Waals surface area contributed by atoms with Gasteiger partial charge >= 0.3 is 70.0 Å². The SMILES string of the molecule is C=CCCC=[CH][Pd][I]. The first-order valence-corrected chi connectivity index (χ1v) is 7.88. The molecule has 0 aromatic heterocycles. The predicted octanol–water partition coefficient (Wildman–Crippen LogP) is 2.90. The second-order valence-corrected chi connectivity index (χ2v) is 4.46. The molecule has 0 saturated carbocycles. The molecule has 0 rings (SSSR count). The van der Waals surface area contributed by atoms with Crippen LogP contribution in [-0.4, -0.2) is 0 Å². The second kappa shape index (κ2) is 7.87. The van der Waals surface area contributed by atoms with Crippen LogP contribution in [0, 0.1) is 0 Å². The summed E-state index contributed by atoms with van der Waals surface area (Å²) in [6.07, 6.45) is 6.43. The number of hydrogen-bond donors (Lipinski definition) is 0. The summed E-state index contributed by atoms with van der Waals surface area (Å²) in [5, 5.41) is 0. The first kappa shape index (κ1) is 8.87. The zero-order chi connectivity index (χ0) is 6.24. The molecule has 0 atom stereocenters. The van der Waals surface area contributed by atoms with E-state index in [0.29, 0.717) is 0 Å². The van der Waals surface area contributed by atoms with Gasteiger partial charge in [0.15, 0.2) is 0 Å². The molecule has 0 radical (unpaired) electrons. The average Bonchev–Trinajstić information content (AvgIpc) is 1.81. The first-order valence-electron chi connectivity index (χ1n) is 2.36. The fraction of sp³-hybridized carbons (Fsp3) is 0.333. The summed E-state index contributed by atoms with van der Waals surface area (Å²) in [7, 11) is 0.